The molecule has 0 amide bonds. The van der Waals surface area contributed by atoms with Crippen molar-refractivity contribution in [1.82, 2.24) is 10.2 Å². The average Bonchev–Trinajstić information content (AvgIpc) is 2.54. The van der Waals surface area contributed by atoms with Crippen molar-refractivity contribution in [2.45, 2.75) is 19.4 Å². The number of hydrogen-bond acceptors (Lipinski definition) is 3. The highest BCUT2D eigenvalue weighted by Crippen LogP contribution is 2.23. The molecule has 3 N–H and O–H groups in total. The lowest BCUT2D eigenvalue weighted by Gasteiger charge is -2.34. The Morgan fingerprint density at radius 2 is 2.23 bits per heavy atom. The Hall–Kier alpha value is -1.66. The first-order chi connectivity index (χ1) is 10.7. The molecule has 1 fully saturated rings. The number of guanidine groups is 1. The number of morpholine rings is 1. The van der Waals surface area contributed by atoms with Gasteiger partial charge in [0.1, 0.15) is 5.82 Å². The molecule has 1 saturated heterocycles. The summed E-state index contributed by atoms with van der Waals surface area (Å²) in [4.78, 5) is 6.69. The van der Waals surface area contributed by atoms with Crippen LogP contribution >= 0.6 is 0 Å². The second-order valence-electron chi connectivity index (χ2n) is 5.37. The van der Waals surface area contributed by atoms with E-state index in [1.54, 1.807) is 12.1 Å². The van der Waals surface area contributed by atoms with Gasteiger partial charge in [-0.2, -0.15) is 0 Å². The van der Waals surface area contributed by atoms with Crippen LogP contribution in [0.4, 0.5) is 4.39 Å². The molecule has 1 aromatic rings. The van der Waals surface area contributed by atoms with Gasteiger partial charge < -0.3 is 15.8 Å². The fourth-order valence-electron chi connectivity index (χ4n) is 2.53. The summed E-state index contributed by atoms with van der Waals surface area (Å²) in [5.41, 5.74) is 6.79. The number of nitrogens with one attached hydrogen (secondary N) is 1. The minimum Gasteiger partial charge on any atom is -0.379 e. The first-order valence-corrected chi connectivity index (χ1v) is 7.81. The number of ether oxygens (including phenoxy) is 1. The topological polar surface area (TPSA) is 62.9 Å². The van der Waals surface area contributed by atoms with E-state index in [0.29, 0.717) is 25.7 Å². The van der Waals surface area contributed by atoms with E-state index in [2.05, 4.69) is 22.1 Å². The minimum absolute atomic E-state index is 0.0153. The molecule has 1 heterocycles. The number of nitrogens with zero attached hydrogens (tertiary/aromatic N) is 2. The van der Waals surface area contributed by atoms with Crippen LogP contribution in [0.1, 0.15) is 24.9 Å². The number of benzene rings is 1. The lowest BCUT2D eigenvalue weighted by atomic mass is 10.0. The van der Waals surface area contributed by atoms with Crippen molar-refractivity contribution in [3.63, 3.8) is 0 Å². The van der Waals surface area contributed by atoms with E-state index in [1.165, 1.54) is 6.07 Å². The summed E-state index contributed by atoms with van der Waals surface area (Å²) >= 11 is 0. The second kappa shape index (κ2) is 8.70. The van der Waals surface area contributed by atoms with Crippen LogP contribution in [0.5, 0.6) is 0 Å². The SMILES string of the molecule is CCCNC(N)=NCC(c1cccc(F)c1)N1CCOCC1. The Morgan fingerprint density at radius 3 is 2.91 bits per heavy atom. The van der Waals surface area contributed by atoms with E-state index >= 15 is 0 Å². The molecule has 1 aromatic carbocycles. The van der Waals surface area contributed by atoms with Gasteiger partial charge in [0, 0.05) is 19.6 Å². The highest BCUT2D eigenvalue weighted by molar-refractivity contribution is 5.77. The molecule has 1 aliphatic rings. The number of halogens is 1. The third-order valence-corrected chi connectivity index (χ3v) is 3.71. The van der Waals surface area contributed by atoms with E-state index < -0.39 is 0 Å². The number of hydrogen-bond donors (Lipinski definition) is 2. The molecule has 1 aliphatic heterocycles. The van der Waals surface area contributed by atoms with E-state index in [4.69, 9.17) is 10.5 Å². The smallest absolute Gasteiger partial charge is 0.188 e. The lowest BCUT2D eigenvalue weighted by molar-refractivity contribution is 0.0179. The van der Waals surface area contributed by atoms with Gasteiger partial charge in [-0.1, -0.05) is 19.1 Å². The molecule has 5 nitrogen and oxygen atoms in total. The molecule has 0 bridgehead atoms. The zero-order valence-corrected chi connectivity index (χ0v) is 13.1. The van der Waals surface area contributed by atoms with Gasteiger partial charge in [0.15, 0.2) is 5.96 Å². The molecular weight excluding hydrogens is 283 g/mol. The number of aliphatic imine (C=N–C) groups is 1. The summed E-state index contributed by atoms with van der Waals surface area (Å²) in [6, 6.07) is 6.72. The third kappa shape index (κ3) is 4.96. The monoisotopic (exact) mass is 308 g/mol. The number of nitrogens with two attached hydrogens (primary N) is 1. The predicted octanol–water partition coefficient (Wildman–Crippen LogP) is 1.51. The molecule has 0 aliphatic carbocycles. The lowest BCUT2D eigenvalue weighted by Crippen LogP contribution is -2.41. The maximum atomic E-state index is 13.5. The van der Waals surface area contributed by atoms with Gasteiger partial charge in [-0.05, 0) is 24.1 Å². The molecule has 0 saturated carbocycles. The van der Waals surface area contributed by atoms with Gasteiger partial charge in [-0.25, -0.2) is 4.39 Å². The van der Waals surface area contributed by atoms with Crippen molar-refractivity contribution in [2.24, 2.45) is 10.7 Å². The summed E-state index contributed by atoms with van der Waals surface area (Å²) in [5.74, 6) is 0.216. The molecule has 0 spiro atoms. The first-order valence-electron chi connectivity index (χ1n) is 7.81. The minimum atomic E-state index is -0.225. The molecule has 6 heteroatoms. The largest absolute Gasteiger partial charge is 0.379 e. The van der Waals surface area contributed by atoms with Gasteiger partial charge in [-0.15, -0.1) is 0 Å². The van der Waals surface area contributed by atoms with Crippen LogP contribution in [0.25, 0.3) is 0 Å². The third-order valence-electron chi connectivity index (χ3n) is 3.71. The Balaban J connectivity index is 2.10. The molecule has 1 unspecified atom stereocenters. The Bertz CT molecular complexity index is 489. The molecule has 122 valence electrons. The summed E-state index contributed by atoms with van der Waals surface area (Å²) in [7, 11) is 0. The molecule has 2 rings (SSSR count). The van der Waals surface area contributed by atoms with E-state index in [9.17, 15) is 4.39 Å². The average molecular weight is 308 g/mol. The van der Waals surface area contributed by atoms with Crippen LogP contribution < -0.4 is 11.1 Å². The Morgan fingerprint density at radius 1 is 1.45 bits per heavy atom. The molecule has 22 heavy (non-hydrogen) atoms. The molecular formula is C16H25FN4O. The van der Waals surface area contributed by atoms with Gasteiger partial charge in [0.25, 0.3) is 0 Å². The van der Waals surface area contributed by atoms with E-state index in [0.717, 1.165) is 31.6 Å². The highest BCUT2D eigenvalue weighted by Gasteiger charge is 2.22. The first kappa shape index (κ1) is 16.7. The predicted molar refractivity (Wildman–Crippen MR) is 86.3 cm³/mol. The summed E-state index contributed by atoms with van der Waals surface area (Å²) in [6.45, 7) is 6.41. The fourth-order valence-corrected chi connectivity index (χ4v) is 2.53. The van der Waals surface area contributed by atoms with Crippen molar-refractivity contribution in [3.05, 3.63) is 35.6 Å². The highest BCUT2D eigenvalue weighted by atomic mass is 19.1. The summed E-state index contributed by atoms with van der Waals surface area (Å²) in [6.07, 6.45) is 0.993. The number of rotatable bonds is 6. The van der Waals surface area contributed by atoms with Crippen LogP contribution in [0, 0.1) is 5.82 Å². The summed E-state index contributed by atoms with van der Waals surface area (Å²) in [5, 5.41) is 3.06. The van der Waals surface area contributed by atoms with Crippen LogP contribution in [-0.2, 0) is 4.74 Å². The van der Waals surface area contributed by atoms with Crippen LogP contribution in [0.15, 0.2) is 29.3 Å². The van der Waals surface area contributed by atoms with Crippen molar-refractivity contribution in [3.8, 4) is 0 Å². The van der Waals surface area contributed by atoms with Crippen LogP contribution in [0.3, 0.4) is 0 Å². The van der Waals surface area contributed by atoms with Crippen molar-refractivity contribution in [2.75, 3.05) is 39.4 Å². The molecule has 1 atom stereocenters. The van der Waals surface area contributed by atoms with E-state index in [-0.39, 0.29) is 11.9 Å². The molecule has 0 aromatic heterocycles. The zero-order chi connectivity index (χ0) is 15.8. The quantitative estimate of drug-likeness (QED) is 0.618. The molecule has 0 radical (unpaired) electrons. The van der Waals surface area contributed by atoms with Gasteiger partial charge in [0.05, 0.1) is 25.8 Å². The zero-order valence-electron chi connectivity index (χ0n) is 13.1. The Labute approximate surface area is 131 Å². The van der Waals surface area contributed by atoms with Crippen molar-refractivity contribution in [1.29, 1.82) is 0 Å². The van der Waals surface area contributed by atoms with E-state index in [1.807, 2.05) is 6.07 Å². The van der Waals surface area contributed by atoms with Gasteiger partial charge in [-0.3, -0.25) is 9.89 Å². The standard InChI is InChI=1S/C16H25FN4O/c1-2-6-19-16(18)20-12-15(21-7-9-22-10-8-21)13-4-3-5-14(17)11-13/h3-5,11,15H,2,6-10,12H2,1H3,(H3,18,19,20). The van der Waals surface area contributed by atoms with Gasteiger partial charge in [0.2, 0.25) is 0 Å². The maximum Gasteiger partial charge on any atom is 0.188 e. The van der Waals surface area contributed by atoms with Gasteiger partial charge >= 0.3 is 0 Å². The van der Waals surface area contributed by atoms with Crippen molar-refractivity contribution >= 4 is 5.96 Å². The second-order valence-corrected chi connectivity index (χ2v) is 5.37. The summed E-state index contributed by atoms with van der Waals surface area (Å²) < 4.78 is 18.9. The van der Waals surface area contributed by atoms with Crippen molar-refractivity contribution < 1.29 is 9.13 Å². The van der Waals surface area contributed by atoms with Crippen LogP contribution in [-0.4, -0.2) is 50.3 Å². The fraction of sp³-hybridized carbons (Fsp3) is 0.562. The normalized spacial score (nSPS) is 18.2. The maximum absolute atomic E-state index is 13.5. The Kier molecular flexibility index (Phi) is 6.61. The van der Waals surface area contributed by atoms with Crippen LogP contribution in [0.2, 0.25) is 0 Å².